The van der Waals surface area contributed by atoms with Crippen molar-refractivity contribution in [3.05, 3.63) is 41.7 Å². The van der Waals surface area contributed by atoms with E-state index in [1.807, 2.05) is 31.2 Å². The zero-order valence-corrected chi connectivity index (χ0v) is 14.1. The normalized spacial score (nSPS) is 14.5. The first-order valence-corrected chi connectivity index (χ1v) is 8.29. The second-order valence-electron chi connectivity index (χ2n) is 6.27. The van der Waals surface area contributed by atoms with Crippen LogP contribution >= 0.6 is 0 Å². The summed E-state index contributed by atoms with van der Waals surface area (Å²) in [6.07, 6.45) is 3.85. The van der Waals surface area contributed by atoms with Crippen molar-refractivity contribution in [2.45, 2.75) is 32.2 Å². The summed E-state index contributed by atoms with van der Waals surface area (Å²) in [4.78, 5) is 14.4. The molecule has 1 saturated carbocycles. The van der Waals surface area contributed by atoms with Crippen molar-refractivity contribution in [2.24, 2.45) is 0 Å². The van der Waals surface area contributed by atoms with Crippen molar-refractivity contribution in [1.29, 1.82) is 0 Å². The van der Waals surface area contributed by atoms with Gasteiger partial charge in [0, 0.05) is 18.3 Å². The van der Waals surface area contributed by atoms with Gasteiger partial charge in [0.15, 0.2) is 0 Å². The molecule has 1 amide bonds. The number of nitrogens with one attached hydrogen (secondary N) is 1. The molecule has 1 aromatic heterocycles. The standard InChI is InChI=1S/C18H23N3O3/c1-13-5-3-6-14(11-13)19-18(22)16-12-17(20-24-16)23-10-9-21(2)15-7-4-8-15/h3,5-6,11-12,15H,4,7-10H2,1-2H3,(H,19,22). The molecule has 6 nitrogen and oxygen atoms in total. The van der Waals surface area contributed by atoms with Gasteiger partial charge in [-0.1, -0.05) is 18.6 Å². The first kappa shape index (κ1) is 16.5. The third-order valence-electron chi connectivity index (χ3n) is 4.38. The van der Waals surface area contributed by atoms with Gasteiger partial charge in [0.05, 0.1) is 6.07 Å². The van der Waals surface area contributed by atoms with E-state index in [4.69, 9.17) is 9.26 Å². The molecule has 3 rings (SSSR count). The third kappa shape index (κ3) is 4.14. The lowest BCUT2D eigenvalue weighted by molar-refractivity contribution is 0.0987. The number of aromatic nitrogens is 1. The number of hydrogen-bond acceptors (Lipinski definition) is 5. The van der Waals surface area contributed by atoms with E-state index in [1.165, 1.54) is 25.3 Å². The Kier molecular flexibility index (Phi) is 5.15. The molecule has 6 heteroatoms. The third-order valence-corrected chi connectivity index (χ3v) is 4.38. The van der Waals surface area contributed by atoms with E-state index < -0.39 is 0 Å². The minimum Gasteiger partial charge on any atom is -0.474 e. The second kappa shape index (κ2) is 7.49. The van der Waals surface area contributed by atoms with Gasteiger partial charge in [0.25, 0.3) is 11.8 Å². The SMILES string of the molecule is Cc1cccc(NC(=O)c2cc(OCCN(C)C3CCC3)no2)c1. The lowest BCUT2D eigenvalue weighted by Gasteiger charge is -2.34. The van der Waals surface area contributed by atoms with Gasteiger partial charge in [-0.15, -0.1) is 0 Å². The molecule has 1 aliphatic carbocycles. The highest BCUT2D eigenvalue weighted by Crippen LogP contribution is 2.23. The number of likely N-dealkylation sites (N-methyl/N-ethyl adjacent to an activating group) is 1. The highest BCUT2D eigenvalue weighted by atomic mass is 16.5. The maximum Gasteiger partial charge on any atom is 0.294 e. The van der Waals surface area contributed by atoms with Crippen molar-refractivity contribution in [2.75, 3.05) is 25.5 Å². The number of carbonyl (C=O) groups is 1. The van der Waals surface area contributed by atoms with E-state index >= 15 is 0 Å². The summed E-state index contributed by atoms with van der Waals surface area (Å²) in [6.45, 7) is 3.33. The van der Waals surface area contributed by atoms with E-state index in [0.29, 0.717) is 18.5 Å². The summed E-state index contributed by atoms with van der Waals surface area (Å²) in [6, 6.07) is 9.78. The summed E-state index contributed by atoms with van der Waals surface area (Å²) in [5.74, 6) is 0.139. The molecule has 24 heavy (non-hydrogen) atoms. The smallest absolute Gasteiger partial charge is 0.294 e. The maximum atomic E-state index is 12.1. The highest BCUT2D eigenvalue weighted by molar-refractivity contribution is 6.02. The fourth-order valence-electron chi connectivity index (χ4n) is 2.65. The van der Waals surface area contributed by atoms with Crippen molar-refractivity contribution in [3.8, 4) is 5.88 Å². The van der Waals surface area contributed by atoms with Gasteiger partial charge in [0.1, 0.15) is 6.61 Å². The molecule has 0 bridgehead atoms. The van der Waals surface area contributed by atoms with Crippen molar-refractivity contribution < 1.29 is 14.1 Å². The minimum absolute atomic E-state index is 0.138. The van der Waals surface area contributed by atoms with Crippen LogP contribution in [0.1, 0.15) is 35.4 Å². The lowest BCUT2D eigenvalue weighted by Crippen LogP contribution is -2.39. The first-order valence-electron chi connectivity index (χ1n) is 8.29. The molecule has 0 spiro atoms. The van der Waals surface area contributed by atoms with Crippen LogP contribution in [0.4, 0.5) is 5.69 Å². The Balaban J connectivity index is 1.48. The molecule has 0 radical (unpaired) electrons. The topological polar surface area (TPSA) is 67.6 Å². The number of amides is 1. The van der Waals surface area contributed by atoms with Crippen LogP contribution in [0.2, 0.25) is 0 Å². The van der Waals surface area contributed by atoms with Crippen LogP contribution in [-0.4, -0.2) is 42.2 Å². The zero-order valence-electron chi connectivity index (χ0n) is 14.1. The van der Waals surface area contributed by atoms with E-state index in [1.54, 1.807) is 0 Å². The molecule has 0 aliphatic heterocycles. The summed E-state index contributed by atoms with van der Waals surface area (Å²) in [5.41, 5.74) is 1.80. The summed E-state index contributed by atoms with van der Waals surface area (Å²) >= 11 is 0. The number of hydrogen-bond donors (Lipinski definition) is 1. The van der Waals surface area contributed by atoms with Gasteiger partial charge in [0.2, 0.25) is 5.76 Å². The number of carbonyl (C=O) groups excluding carboxylic acids is 1. The molecule has 1 fully saturated rings. The predicted molar refractivity (Wildman–Crippen MR) is 91.4 cm³/mol. The molecular formula is C18H23N3O3. The number of ether oxygens (including phenoxy) is 1. The van der Waals surface area contributed by atoms with Gasteiger partial charge in [-0.05, 0) is 49.7 Å². The molecule has 1 aliphatic rings. The summed E-state index contributed by atoms with van der Waals surface area (Å²) in [5, 5.41) is 6.58. The quantitative estimate of drug-likeness (QED) is 0.845. The average Bonchev–Trinajstić information content (AvgIpc) is 2.94. The zero-order chi connectivity index (χ0) is 16.9. The van der Waals surface area contributed by atoms with Crippen LogP contribution in [0, 0.1) is 6.92 Å². The fraction of sp³-hybridized carbons (Fsp3) is 0.444. The van der Waals surface area contributed by atoms with Crippen LogP contribution in [0.25, 0.3) is 0 Å². The number of nitrogens with zero attached hydrogens (tertiary/aromatic N) is 2. The van der Waals surface area contributed by atoms with E-state index in [-0.39, 0.29) is 11.7 Å². The van der Waals surface area contributed by atoms with Gasteiger partial charge in [-0.2, -0.15) is 0 Å². The minimum atomic E-state index is -0.338. The Morgan fingerprint density at radius 3 is 2.96 bits per heavy atom. The monoisotopic (exact) mass is 329 g/mol. The van der Waals surface area contributed by atoms with Crippen LogP contribution in [0.5, 0.6) is 5.88 Å². The molecule has 1 N–H and O–H groups in total. The molecule has 1 heterocycles. The Morgan fingerprint density at radius 1 is 1.42 bits per heavy atom. The molecule has 0 atom stereocenters. The summed E-state index contributed by atoms with van der Waals surface area (Å²) < 4.78 is 10.6. The Morgan fingerprint density at radius 2 is 2.25 bits per heavy atom. The van der Waals surface area contributed by atoms with Crippen LogP contribution in [0.15, 0.2) is 34.9 Å². The van der Waals surface area contributed by atoms with Crippen LogP contribution < -0.4 is 10.1 Å². The summed E-state index contributed by atoms with van der Waals surface area (Å²) in [7, 11) is 2.11. The predicted octanol–water partition coefficient (Wildman–Crippen LogP) is 3.10. The first-order chi connectivity index (χ1) is 11.6. The second-order valence-corrected chi connectivity index (χ2v) is 6.27. The van der Waals surface area contributed by atoms with Crippen LogP contribution in [0.3, 0.4) is 0 Å². The maximum absolute atomic E-state index is 12.1. The average molecular weight is 329 g/mol. The molecule has 0 saturated heterocycles. The molecule has 2 aromatic rings. The number of benzene rings is 1. The van der Waals surface area contributed by atoms with E-state index in [9.17, 15) is 4.79 Å². The number of aryl methyl sites for hydroxylation is 1. The van der Waals surface area contributed by atoms with E-state index in [0.717, 1.165) is 17.8 Å². The van der Waals surface area contributed by atoms with Gasteiger partial charge in [-0.3, -0.25) is 4.79 Å². The largest absolute Gasteiger partial charge is 0.474 e. The lowest BCUT2D eigenvalue weighted by atomic mass is 9.92. The number of anilines is 1. The molecule has 0 unspecified atom stereocenters. The van der Waals surface area contributed by atoms with Crippen LogP contribution in [-0.2, 0) is 0 Å². The van der Waals surface area contributed by atoms with Crippen molar-refractivity contribution in [3.63, 3.8) is 0 Å². The Bertz CT molecular complexity index is 694. The van der Waals surface area contributed by atoms with Crippen molar-refractivity contribution in [1.82, 2.24) is 10.1 Å². The van der Waals surface area contributed by atoms with Gasteiger partial charge in [-0.25, -0.2) is 0 Å². The Labute approximate surface area is 141 Å². The van der Waals surface area contributed by atoms with Gasteiger partial charge < -0.3 is 19.5 Å². The fourth-order valence-corrected chi connectivity index (χ4v) is 2.65. The Hall–Kier alpha value is -2.34. The molecule has 1 aromatic carbocycles. The molecule has 128 valence electrons. The number of rotatable bonds is 7. The van der Waals surface area contributed by atoms with Gasteiger partial charge >= 0.3 is 0 Å². The highest BCUT2D eigenvalue weighted by Gasteiger charge is 2.21. The van der Waals surface area contributed by atoms with Crippen molar-refractivity contribution >= 4 is 11.6 Å². The molecular weight excluding hydrogens is 306 g/mol. The van der Waals surface area contributed by atoms with E-state index in [2.05, 4.69) is 22.4 Å².